The minimum atomic E-state index is 0.215. The average molecular weight is 221 g/mol. The van der Waals surface area contributed by atoms with Crippen LogP contribution in [-0.4, -0.2) is 17.9 Å². The summed E-state index contributed by atoms with van der Waals surface area (Å²) in [5.41, 5.74) is 0. The van der Waals surface area contributed by atoms with Crippen molar-refractivity contribution in [2.45, 2.75) is 69.9 Å². The summed E-state index contributed by atoms with van der Waals surface area (Å²) in [6, 6.07) is 0.885. The molecule has 2 saturated carbocycles. The molecule has 0 radical (unpaired) electrons. The molecule has 0 bridgehead atoms. The summed E-state index contributed by atoms with van der Waals surface area (Å²) < 4.78 is 0. The molecule has 0 spiro atoms. The lowest BCUT2D eigenvalue weighted by Gasteiger charge is -2.24. The third-order valence-corrected chi connectivity index (χ3v) is 4.75. The van der Waals surface area contributed by atoms with Gasteiger partial charge in [-0.25, -0.2) is 0 Å². The number of fused-ring (bicyclic) bond motifs is 1. The first kappa shape index (κ1) is 10.8. The molecule has 3 rings (SSSR count). The van der Waals surface area contributed by atoms with Gasteiger partial charge in [0.1, 0.15) is 5.78 Å². The van der Waals surface area contributed by atoms with Crippen molar-refractivity contribution in [3.05, 3.63) is 0 Å². The largest absolute Gasteiger partial charge is 0.304 e. The van der Waals surface area contributed by atoms with E-state index < -0.39 is 0 Å². The Labute approximate surface area is 98.2 Å². The third kappa shape index (κ3) is 2.32. The van der Waals surface area contributed by atoms with Gasteiger partial charge >= 0.3 is 0 Å². The van der Waals surface area contributed by atoms with Gasteiger partial charge in [0.15, 0.2) is 0 Å². The van der Waals surface area contributed by atoms with E-state index in [9.17, 15) is 4.79 Å². The van der Waals surface area contributed by atoms with Crippen molar-refractivity contribution in [2.75, 3.05) is 0 Å². The highest BCUT2D eigenvalue weighted by Crippen LogP contribution is 2.36. The van der Waals surface area contributed by atoms with Gasteiger partial charge in [0.25, 0.3) is 0 Å². The maximum Gasteiger partial charge on any atom is 0.149 e. The topological polar surface area (TPSA) is 29.1 Å². The first-order valence-corrected chi connectivity index (χ1v) is 7.11. The van der Waals surface area contributed by atoms with E-state index in [1.54, 1.807) is 0 Å². The lowest BCUT2D eigenvalue weighted by atomic mass is 9.84. The zero-order valence-electron chi connectivity index (χ0n) is 10.1. The van der Waals surface area contributed by atoms with E-state index in [2.05, 4.69) is 5.32 Å². The van der Waals surface area contributed by atoms with Crippen molar-refractivity contribution >= 4 is 5.78 Å². The highest BCUT2D eigenvalue weighted by Gasteiger charge is 2.38. The first-order valence-electron chi connectivity index (χ1n) is 7.11. The predicted molar refractivity (Wildman–Crippen MR) is 64.3 cm³/mol. The molecule has 2 aliphatic carbocycles. The Morgan fingerprint density at radius 3 is 2.69 bits per heavy atom. The van der Waals surface area contributed by atoms with Crippen LogP contribution in [0.4, 0.5) is 0 Å². The fourth-order valence-corrected chi connectivity index (χ4v) is 3.49. The molecule has 2 nitrogen and oxygen atoms in total. The van der Waals surface area contributed by atoms with Crippen molar-refractivity contribution in [1.82, 2.24) is 5.32 Å². The molecule has 3 unspecified atom stereocenters. The lowest BCUT2D eigenvalue weighted by Crippen LogP contribution is -2.37. The molecule has 0 aromatic heterocycles. The van der Waals surface area contributed by atoms with Gasteiger partial charge < -0.3 is 5.32 Å². The van der Waals surface area contributed by atoms with E-state index in [0.717, 1.165) is 31.1 Å². The van der Waals surface area contributed by atoms with Crippen molar-refractivity contribution in [1.29, 1.82) is 0 Å². The number of rotatable bonds is 4. The van der Waals surface area contributed by atoms with Crippen LogP contribution in [0.1, 0.15) is 57.8 Å². The van der Waals surface area contributed by atoms with Gasteiger partial charge in [-0.15, -0.1) is 0 Å². The minimum Gasteiger partial charge on any atom is -0.304 e. The van der Waals surface area contributed by atoms with Crippen LogP contribution in [0.5, 0.6) is 0 Å². The van der Waals surface area contributed by atoms with E-state index in [4.69, 9.17) is 0 Å². The van der Waals surface area contributed by atoms with Crippen LogP contribution in [0.15, 0.2) is 0 Å². The van der Waals surface area contributed by atoms with Crippen LogP contribution < -0.4 is 5.32 Å². The fourth-order valence-electron chi connectivity index (χ4n) is 3.49. The summed E-state index contributed by atoms with van der Waals surface area (Å²) in [5, 5.41) is 3.59. The average Bonchev–Trinajstić information content (AvgIpc) is 3.02. The van der Waals surface area contributed by atoms with Gasteiger partial charge in [0.05, 0.1) is 6.04 Å². The molecule has 1 aliphatic heterocycles. The molecule has 0 amide bonds. The number of hydrogen-bond donors (Lipinski definition) is 1. The van der Waals surface area contributed by atoms with E-state index in [1.807, 2.05) is 0 Å². The molecule has 3 atom stereocenters. The molecule has 16 heavy (non-hydrogen) atoms. The number of carbonyl (C=O) groups excluding carboxylic acids is 1. The second kappa shape index (κ2) is 4.48. The summed E-state index contributed by atoms with van der Waals surface area (Å²) in [7, 11) is 0. The first-order chi connectivity index (χ1) is 7.83. The number of ketones is 1. The van der Waals surface area contributed by atoms with Gasteiger partial charge in [-0.2, -0.15) is 0 Å². The molecule has 1 N–H and O–H groups in total. The lowest BCUT2D eigenvalue weighted by molar-refractivity contribution is -0.121. The standard InChI is InChI=1S/C14H23NO/c16-14(8-7-10-5-6-10)13-9-11-3-1-2-4-12(11)15-13/h10-13,15H,1-9H2. The Hall–Kier alpha value is -0.370. The maximum absolute atomic E-state index is 12.1. The van der Waals surface area contributed by atoms with Crippen molar-refractivity contribution in [2.24, 2.45) is 11.8 Å². The van der Waals surface area contributed by atoms with Gasteiger partial charge in [-0.3, -0.25) is 4.79 Å². The molecule has 3 aliphatic rings. The highest BCUT2D eigenvalue weighted by molar-refractivity contribution is 5.84. The molecule has 0 aromatic rings. The molecule has 1 heterocycles. The summed E-state index contributed by atoms with van der Waals surface area (Å²) in [4.78, 5) is 12.1. The number of carbonyl (C=O) groups is 1. The maximum atomic E-state index is 12.1. The van der Waals surface area contributed by atoms with E-state index in [-0.39, 0.29) is 6.04 Å². The van der Waals surface area contributed by atoms with E-state index in [1.165, 1.54) is 38.5 Å². The number of Topliss-reactive ketones (excluding diaryl/α,β-unsaturated/α-hetero) is 1. The molecule has 1 saturated heterocycles. The van der Waals surface area contributed by atoms with Crippen LogP contribution in [0.3, 0.4) is 0 Å². The number of hydrogen-bond acceptors (Lipinski definition) is 2. The number of nitrogens with one attached hydrogen (secondary N) is 1. The SMILES string of the molecule is O=C(CCC1CC1)C1CC2CCCCC2N1. The van der Waals surface area contributed by atoms with Crippen LogP contribution in [0.2, 0.25) is 0 Å². The third-order valence-electron chi connectivity index (χ3n) is 4.75. The minimum absolute atomic E-state index is 0.215. The second-order valence-corrected chi connectivity index (χ2v) is 6.05. The van der Waals surface area contributed by atoms with E-state index in [0.29, 0.717) is 11.8 Å². The molecular formula is C14H23NO. The molecule has 90 valence electrons. The Kier molecular flexibility index (Phi) is 3.01. The van der Waals surface area contributed by atoms with Crippen molar-refractivity contribution in [3.8, 4) is 0 Å². The zero-order chi connectivity index (χ0) is 11.0. The Balaban J connectivity index is 1.49. The van der Waals surface area contributed by atoms with Gasteiger partial charge in [-0.05, 0) is 37.5 Å². The molecular weight excluding hydrogens is 198 g/mol. The molecule has 3 fully saturated rings. The summed E-state index contributed by atoms with van der Waals surface area (Å²) in [6.45, 7) is 0. The smallest absolute Gasteiger partial charge is 0.149 e. The molecule has 0 aromatic carbocycles. The summed E-state index contributed by atoms with van der Waals surface area (Å²) in [6.07, 6.45) is 11.3. The second-order valence-electron chi connectivity index (χ2n) is 6.05. The zero-order valence-corrected chi connectivity index (χ0v) is 10.1. The van der Waals surface area contributed by atoms with Crippen molar-refractivity contribution in [3.63, 3.8) is 0 Å². The van der Waals surface area contributed by atoms with E-state index >= 15 is 0 Å². The Morgan fingerprint density at radius 2 is 1.94 bits per heavy atom. The summed E-state index contributed by atoms with van der Waals surface area (Å²) in [5.74, 6) is 2.21. The van der Waals surface area contributed by atoms with Crippen molar-refractivity contribution < 1.29 is 4.79 Å². The Morgan fingerprint density at radius 1 is 1.12 bits per heavy atom. The van der Waals surface area contributed by atoms with Crippen LogP contribution in [0, 0.1) is 11.8 Å². The highest BCUT2D eigenvalue weighted by atomic mass is 16.1. The predicted octanol–water partition coefficient (Wildman–Crippen LogP) is 2.67. The van der Waals surface area contributed by atoms with Crippen LogP contribution in [0.25, 0.3) is 0 Å². The van der Waals surface area contributed by atoms with Gasteiger partial charge in [0.2, 0.25) is 0 Å². The fraction of sp³-hybridized carbons (Fsp3) is 0.929. The van der Waals surface area contributed by atoms with Gasteiger partial charge in [0, 0.05) is 12.5 Å². The Bertz CT molecular complexity index is 258. The quantitative estimate of drug-likeness (QED) is 0.790. The van der Waals surface area contributed by atoms with Crippen LogP contribution in [-0.2, 0) is 4.79 Å². The van der Waals surface area contributed by atoms with Crippen LogP contribution >= 0.6 is 0 Å². The van der Waals surface area contributed by atoms with Gasteiger partial charge in [-0.1, -0.05) is 25.7 Å². The summed E-state index contributed by atoms with van der Waals surface area (Å²) >= 11 is 0. The molecule has 2 heteroatoms. The monoisotopic (exact) mass is 221 g/mol. The normalized spacial score (nSPS) is 38.4.